The van der Waals surface area contributed by atoms with Gasteiger partial charge in [0.1, 0.15) is 0 Å². The van der Waals surface area contributed by atoms with Crippen molar-refractivity contribution in [2.75, 3.05) is 0 Å². The van der Waals surface area contributed by atoms with Crippen LogP contribution in [0.15, 0.2) is 30.5 Å². The molecule has 1 saturated heterocycles. The average Bonchev–Trinajstić information content (AvgIpc) is 2.85. The van der Waals surface area contributed by atoms with E-state index in [4.69, 9.17) is 0 Å². The Hall–Kier alpha value is -1.32. The molecule has 102 valence electrons. The predicted molar refractivity (Wildman–Crippen MR) is 79.8 cm³/mol. The first-order chi connectivity index (χ1) is 9.24. The van der Waals surface area contributed by atoms with Gasteiger partial charge in [0.2, 0.25) is 0 Å². The predicted octanol–water partition coefficient (Wildman–Crippen LogP) is 3.44. The Labute approximate surface area is 115 Å². The molecule has 0 radical (unpaired) electrons. The Bertz CT molecular complexity index is 536. The third-order valence-corrected chi connectivity index (χ3v) is 4.28. The number of piperidine rings is 1. The molecule has 3 nitrogen and oxygen atoms in total. The normalized spacial score (nSPS) is 24.9. The van der Waals surface area contributed by atoms with E-state index in [0.717, 1.165) is 6.54 Å². The summed E-state index contributed by atoms with van der Waals surface area (Å²) < 4.78 is 0. The zero-order valence-electron chi connectivity index (χ0n) is 11.8. The summed E-state index contributed by atoms with van der Waals surface area (Å²) in [6.45, 7) is 5.55. The van der Waals surface area contributed by atoms with E-state index in [2.05, 4.69) is 53.5 Å². The maximum absolute atomic E-state index is 3.62. The maximum Gasteiger partial charge on any atom is 0.0454 e. The van der Waals surface area contributed by atoms with Crippen LogP contribution in [-0.2, 0) is 6.54 Å². The molecular formula is C16H23N3. The minimum absolute atomic E-state index is 0.639. The first kappa shape index (κ1) is 12.7. The fraction of sp³-hybridized carbons (Fsp3) is 0.500. The number of aromatic amines is 1. The molecule has 0 spiro atoms. The van der Waals surface area contributed by atoms with Crippen molar-refractivity contribution in [3.63, 3.8) is 0 Å². The van der Waals surface area contributed by atoms with Crippen LogP contribution in [0.25, 0.3) is 10.9 Å². The topological polar surface area (TPSA) is 31.1 Å². The summed E-state index contributed by atoms with van der Waals surface area (Å²) >= 11 is 0. The largest absolute Gasteiger partial charge is 0.361 e. The minimum Gasteiger partial charge on any atom is -0.361 e. The number of nitrogens with one attached hydrogen (secondary N) is 2. The summed E-state index contributed by atoms with van der Waals surface area (Å²) in [5.41, 5.74) is 6.17. The maximum atomic E-state index is 3.62. The highest BCUT2D eigenvalue weighted by atomic mass is 15.5. The van der Waals surface area contributed by atoms with Crippen LogP contribution >= 0.6 is 0 Å². The molecule has 0 saturated carbocycles. The molecule has 0 bridgehead atoms. The van der Waals surface area contributed by atoms with Gasteiger partial charge in [-0.3, -0.25) is 5.43 Å². The fourth-order valence-electron chi connectivity index (χ4n) is 3.13. The van der Waals surface area contributed by atoms with Crippen LogP contribution in [0.5, 0.6) is 0 Å². The van der Waals surface area contributed by atoms with Crippen LogP contribution in [-0.4, -0.2) is 22.1 Å². The summed E-state index contributed by atoms with van der Waals surface area (Å²) in [4.78, 5) is 3.24. The number of hydrogen-bond acceptors (Lipinski definition) is 2. The molecule has 2 unspecified atom stereocenters. The lowest BCUT2D eigenvalue weighted by Gasteiger charge is -2.39. The smallest absolute Gasteiger partial charge is 0.0454 e. The van der Waals surface area contributed by atoms with Gasteiger partial charge in [-0.15, -0.1) is 0 Å². The van der Waals surface area contributed by atoms with Gasteiger partial charge in [-0.1, -0.05) is 12.5 Å². The van der Waals surface area contributed by atoms with Crippen molar-refractivity contribution in [3.8, 4) is 0 Å². The number of fused-ring (bicyclic) bond motifs is 1. The van der Waals surface area contributed by atoms with E-state index in [1.807, 2.05) is 6.20 Å². The van der Waals surface area contributed by atoms with Crippen LogP contribution in [0.3, 0.4) is 0 Å². The van der Waals surface area contributed by atoms with Crippen molar-refractivity contribution in [3.05, 3.63) is 36.0 Å². The van der Waals surface area contributed by atoms with Gasteiger partial charge in [0.25, 0.3) is 0 Å². The molecule has 0 aliphatic carbocycles. The zero-order chi connectivity index (χ0) is 13.2. The van der Waals surface area contributed by atoms with Crippen molar-refractivity contribution in [1.29, 1.82) is 0 Å². The van der Waals surface area contributed by atoms with Gasteiger partial charge in [0, 0.05) is 30.3 Å². The Morgan fingerprint density at radius 1 is 1.21 bits per heavy atom. The van der Waals surface area contributed by atoms with Crippen LogP contribution in [0.2, 0.25) is 0 Å². The summed E-state index contributed by atoms with van der Waals surface area (Å²) in [5, 5.41) is 3.73. The highest BCUT2D eigenvalue weighted by molar-refractivity contribution is 5.79. The van der Waals surface area contributed by atoms with Crippen LogP contribution < -0.4 is 5.43 Å². The number of hydrogen-bond donors (Lipinski definition) is 2. The van der Waals surface area contributed by atoms with Crippen molar-refractivity contribution in [2.24, 2.45) is 0 Å². The molecular weight excluding hydrogens is 234 g/mol. The van der Waals surface area contributed by atoms with Crippen LogP contribution in [0, 0.1) is 0 Å². The third kappa shape index (κ3) is 2.67. The zero-order valence-corrected chi connectivity index (χ0v) is 11.8. The number of benzene rings is 1. The second-order valence-electron chi connectivity index (χ2n) is 5.77. The Morgan fingerprint density at radius 2 is 2.00 bits per heavy atom. The highest BCUT2D eigenvalue weighted by Gasteiger charge is 2.23. The van der Waals surface area contributed by atoms with Gasteiger partial charge >= 0.3 is 0 Å². The molecule has 1 aliphatic rings. The van der Waals surface area contributed by atoms with Gasteiger partial charge in [-0.05, 0) is 55.8 Å². The standard InChI is InChI=1S/C16H23N3/c1-12-4-3-5-13(2)19(12)18-11-14-6-7-16-15(10-14)8-9-17-16/h6-10,12-13,17-18H,3-5,11H2,1-2H3. The molecule has 19 heavy (non-hydrogen) atoms. The molecule has 3 rings (SSSR count). The molecule has 3 heteroatoms. The van der Waals surface area contributed by atoms with E-state index >= 15 is 0 Å². The molecule has 2 atom stereocenters. The summed E-state index contributed by atoms with van der Waals surface area (Å²) in [5.74, 6) is 0. The molecule has 2 aromatic rings. The molecule has 1 aromatic carbocycles. The Kier molecular flexibility index (Phi) is 3.58. The van der Waals surface area contributed by atoms with E-state index < -0.39 is 0 Å². The lowest BCUT2D eigenvalue weighted by molar-refractivity contribution is 0.0436. The minimum atomic E-state index is 0.639. The van der Waals surface area contributed by atoms with Gasteiger partial charge in [0.05, 0.1) is 0 Å². The summed E-state index contributed by atoms with van der Waals surface area (Å²) in [6, 6.07) is 10.0. The van der Waals surface area contributed by atoms with Crippen molar-refractivity contribution >= 4 is 10.9 Å². The van der Waals surface area contributed by atoms with Gasteiger partial charge in [-0.25, -0.2) is 5.01 Å². The second kappa shape index (κ2) is 5.35. The van der Waals surface area contributed by atoms with Crippen molar-refractivity contribution in [2.45, 2.75) is 51.7 Å². The average molecular weight is 257 g/mol. The Morgan fingerprint density at radius 3 is 2.79 bits per heavy atom. The molecule has 0 amide bonds. The fourth-order valence-corrected chi connectivity index (χ4v) is 3.13. The number of H-pyrrole nitrogens is 1. The summed E-state index contributed by atoms with van der Waals surface area (Å²) in [6.07, 6.45) is 5.95. The van der Waals surface area contributed by atoms with Crippen LogP contribution in [0.1, 0.15) is 38.7 Å². The third-order valence-electron chi connectivity index (χ3n) is 4.28. The number of hydrazine groups is 1. The highest BCUT2D eigenvalue weighted by Crippen LogP contribution is 2.21. The lowest BCUT2D eigenvalue weighted by atomic mass is 10.00. The molecule has 1 fully saturated rings. The molecule has 1 aromatic heterocycles. The van der Waals surface area contributed by atoms with E-state index in [9.17, 15) is 0 Å². The van der Waals surface area contributed by atoms with Gasteiger partial charge in [0.15, 0.2) is 0 Å². The number of rotatable bonds is 3. The second-order valence-corrected chi connectivity index (χ2v) is 5.77. The van der Waals surface area contributed by atoms with E-state index in [1.54, 1.807) is 0 Å². The first-order valence-electron chi connectivity index (χ1n) is 7.32. The SMILES string of the molecule is CC1CCCC(C)N1NCc1ccc2[nH]ccc2c1. The summed E-state index contributed by atoms with van der Waals surface area (Å²) in [7, 11) is 0. The van der Waals surface area contributed by atoms with Gasteiger partial charge in [-0.2, -0.15) is 0 Å². The monoisotopic (exact) mass is 257 g/mol. The van der Waals surface area contributed by atoms with Crippen molar-refractivity contribution in [1.82, 2.24) is 15.4 Å². The van der Waals surface area contributed by atoms with E-state index in [1.165, 1.54) is 35.7 Å². The first-order valence-corrected chi connectivity index (χ1v) is 7.32. The number of nitrogens with zero attached hydrogens (tertiary/aromatic N) is 1. The quantitative estimate of drug-likeness (QED) is 0.882. The number of aromatic nitrogens is 1. The molecule has 2 heterocycles. The van der Waals surface area contributed by atoms with Gasteiger partial charge < -0.3 is 4.98 Å². The molecule has 1 aliphatic heterocycles. The van der Waals surface area contributed by atoms with Crippen LogP contribution in [0.4, 0.5) is 0 Å². The van der Waals surface area contributed by atoms with E-state index in [0.29, 0.717) is 12.1 Å². The Balaban J connectivity index is 1.67. The lowest BCUT2D eigenvalue weighted by Crippen LogP contribution is -2.51. The van der Waals surface area contributed by atoms with Crippen molar-refractivity contribution < 1.29 is 0 Å². The van der Waals surface area contributed by atoms with E-state index in [-0.39, 0.29) is 0 Å². The molecule has 2 N–H and O–H groups in total.